The Kier molecular flexibility index (Phi) is 5.63. The fourth-order valence-electron chi connectivity index (χ4n) is 2.05. The highest BCUT2D eigenvalue weighted by molar-refractivity contribution is 6.32. The summed E-state index contributed by atoms with van der Waals surface area (Å²) in [5.74, 6) is 1.02. The molecule has 1 rings (SSSR count). The van der Waals surface area contributed by atoms with Crippen LogP contribution in [0.2, 0.25) is 5.02 Å². The van der Waals surface area contributed by atoms with E-state index in [4.69, 9.17) is 16.3 Å². The van der Waals surface area contributed by atoms with Crippen molar-refractivity contribution in [2.75, 3.05) is 6.61 Å². The van der Waals surface area contributed by atoms with Gasteiger partial charge in [-0.15, -0.1) is 0 Å². The van der Waals surface area contributed by atoms with Crippen LogP contribution >= 0.6 is 11.6 Å². The maximum atomic E-state index is 9.78. The topological polar surface area (TPSA) is 29.5 Å². The molecule has 0 aliphatic rings. The van der Waals surface area contributed by atoms with Gasteiger partial charge in [-0.25, -0.2) is 0 Å². The van der Waals surface area contributed by atoms with E-state index < -0.39 is 0 Å². The highest BCUT2D eigenvalue weighted by Crippen LogP contribution is 2.38. The molecule has 1 atom stereocenters. The quantitative estimate of drug-likeness (QED) is 0.797. The molecule has 0 heterocycles. The molecule has 1 unspecified atom stereocenters. The number of aromatic hydroxyl groups is 1. The van der Waals surface area contributed by atoms with E-state index in [1.54, 1.807) is 0 Å². The molecule has 1 aromatic rings. The van der Waals surface area contributed by atoms with E-state index in [1.165, 1.54) is 0 Å². The smallest absolute Gasteiger partial charge is 0.176 e. The van der Waals surface area contributed by atoms with Crippen molar-refractivity contribution in [3.05, 3.63) is 22.7 Å². The lowest BCUT2D eigenvalue weighted by Crippen LogP contribution is -1.99. The average molecular weight is 257 g/mol. The second-order valence-corrected chi connectivity index (χ2v) is 4.58. The highest BCUT2D eigenvalue weighted by atomic mass is 35.5. The molecule has 0 aliphatic carbocycles. The third-order valence-electron chi connectivity index (χ3n) is 2.95. The highest BCUT2D eigenvalue weighted by Gasteiger charge is 2.15. The van der Waals surface area contributed by atoms with Crippen LogP contribution in [0.1, 0.15) is 51.5 Å². The van der Waals surface area contributed by atoms with Gasteiger partial charge in [0.1, 0.15) is 0 Å². The van der Waals surface area contributed by atoms with Gasteiger partial charge in [0.15, 0.2) is 11.5 Å². The molecule has 0 fully saturated rings. The molecular weight excluding hydrogens is 236 g/mol. The molecule has 0 spiro atoms. The molecule has 0 saturated carbocycles. The summed E-state index contributed by atoms with van der Waals surface area (Å²) in [5, 5.41) is 10.2. The number of rotatable bonds is 6. The summed E-state index contributed by atoms with van der Waals surface area (Å²) in [4.78, 5) is 0. The molecule has 0 amide bonds. The van der Waals surface area contributed by atoms with Crippen LogP contribution in [0.4, 0.5) is 0 Å². The van der Waals surface area contributed by atoms with Gasteiger partial charge < -0.3 is 9.84 Å². The van der Waals surface area contributed by atoms with Crippen molar-refractivity contribution in [2.24, 2.45) is 0 Å². The van der Waals surface area contributed by atoms with Crippen LogP contribution in [0.5, 0.6) is 11.5 Å². The summed E-state index contributed by atoms with van der Waals surface area (Å²) in [6.45, 7) is 6.76. The first-order valence-corrected chi connectivity index (χ1v) is 6.66. The van der Waals surface area contributed by atoms with Crippen LogP contribution in [0.25, 0.3) is 0 Å². The molecule has 1 N–H and O–H groups in total. The number of benzene rings is 1. The van der Waals surface area contributed by atoms with E-state index in [1.807, 2.05) is 19.1 Å². The number of ether oxygens (including phenoxy) is 1. The minimum Gasteiger partial charge on any atom is -0.503 e. The number of hydrogen-bond acceptors (Lipinski definition) is 2. The molecule has 2 nitrogen and oxygen atoms in total. The van der Waals surface area contributed by atoms with Crippen LogP contribution < -0.4 is 4.74 Å². The molecule has 17 heavy (non-hydrogen) atoms. The molecule has 1 aromatic carbocycles. The molecule has 3 heteroatoms. The van der Waals surface area contributed by atoms with E-state index in [2.05, 4.69) is 13.8 Å². The Balaban J connectivity index is 3.07. The second-order valence-electron chi connectivity index (χ2n) is 4.18. The minimum absolute atomic E-state index is 0.0450. The summed E-state index contributed by atoms with van der Waals surface area (Å²) in [6.07, 6.45) is 3.34. The Morgan fingerprint density at radius 2 is 2.00 bits per heavy atom. The number of hydrogen-bond donors (Lipinski definition) is 1. The lowest BCUT2D eigenvalue weighted by atomic mass is 9.92. The molecule has 0 aromatic heterocycles. The molecule has 0 radical (unpaired) electrons. The van der Waals surface area contributed by atoms with E-state index >= 15 is 0 Å². The van der Waals surface area contributed by atoms with Crippen molar-refractivity contribution in [2.45, 2.75) is 46.0 Å². The zero-order valence-corrected chi connectivity index (χ0v) is 11.5. The maximum Gasteiger partial charge on any atom is 0.176 e. The van der Waals surface area contributed by atoms with Crippen molar-refractivity contribution in [1.82, 2.24) is 0 Å². The van der Waals surface area contributed by atoms with Crippen LogP contribution in [0, 0.1) is 0 Å². The molecular formula is C14H21ClO2. The number of halogens is 1. The van der Waals surface area contributed by atoms with Crippen molar-refractivity contribution in [3.63, 3.8) is 0 Å². The first-order chi connectivity index (χ1) is 8.13. The van der Waals surface area contributed by atoms with Gasteiger partial charge in [-0.3, -0.25) is 0 Å². The van der Waals surface area contributed by atoms with Crippen molar-refractivity contribution >= 4 is 11.6 Å². The molecule has 96 valence electrons. The summed E-state index contributed by atoms with van der Waals surface area (Å²) in [5.41, 5.74) is 1.15. The second kappa shape index (κ2) is 6.75. The fraction of sp³-hybridized carbons (Fsp3) is 0.571. The third-order valence-corrected chi connectivity index (χ3v) is 3.24. The lowest BCUT2D eigenvalue weighted by Gasteiger charge is -2.17. The lowest BCUT2D eigenvalue weighted by molar-refractivity contribution is 0.317. The fourth-order valence-corrected chi connectivity index (χ4v) is 2.27. The van der Waals surface area contributed by atoms with Gasteiger partial charge in [-0.05, 0) is 43.4 Å². The van der Waals surface area contributed by atoms with Crippen molar-refractivity contribution in [3.8, 4) is 11.5 Å². The van der Waals surface area contributed by atoms with E-state index in [-0.39, 0.29) is 5.75 Å². The largest absolute Gasteiger partial charge is 0.503 e. The Bertz CT molecular complexity index is 363. The maximum absolute atomic E-state index is 9.78. The molecule has 0 bridgehead atoms. The number of phenolic OH excluding ortho intramolecular Hbond substituents is 1. The van der Waals surface area contributed by atoms with Crippen LogP contribution in [0.3, 0.4) is 0 Å². The third kappa shape index (κ3) is 3.53. The Hall–Kier alpha value is -0.890. The predicted molar refractivity (Wildman–Crippen MR) is 72.2 cm³/mol. The average Bonchev–Trinajstić information content (AvgIpc) is 2.32. The van der Waals surface area contributed by atoms with Crippen molar-refractivity contribution in [1.29, 1.82) is 0 Å². The number of phenols is 1. The van der Waals surface area contributed by atoms with Gasteiger partial charge in [0.2, 0.25) is 0 Å². The zero-order chi connectivity index (χ0) is 12.8. The molecule has 0 saturated heterocycles. The van der Waals surface area contributed by atoms with Gasteiger partial charge in [-0.2, -0.15) is 0 Å². The Labute approximate surface area is 109 Å². The Morgan fingerprint density at radius 1 is 1.29 bits per heavy atom. The van der Waals surface area contributed by atoms with E-state index in [9.17, 15) is 5.11 Å². The zero-order valence-electron chi connectivity index (χ0n) is 10.8. The predicted octanol–water partition coefficient (Wildman–Crippen LogP) is 4.74. The summed E-state index contributed by atoms with van der Waals surface area (Å²) in [7, 11) is 0. The van der Waals surface area contributed by atoms with Crippen molar-refractivity contribution < 1.29 is 9.84 Å². The minimum atomic E-state index is 0.0450. The van der Waals surface area contributed by atoms with E-state index in [0.717, 1.165) is 24.8 Å². The standard InChI is InChI=1S/C14H21ClO2/c1-4-7-10(5-2)11-8-12(15)14(16)13(9-11)17-6-3/h8-10,16H,4-7H2,1-3H3. The van der Waals surface area contributed by atoms with E-state index in [0.29, 0.717) is 23.3 Å². The van der Waals surface area contributed by atoms with Crippen LogP contribution in [0.15, 0.2) is 12.1 Å². The Morgan fingerprint density at radius 3 is 2.53 bits per heavy atom. The van der Waals surface area contributed by atoms with Gasteiger partial charge in [0.05, 0.1) is 11.6 Å². The first kappa shape index (κ1) is 14.2. The first-order valence-electron chi connectivity index (χ1n) is 6.29. The summed E-state index contributed by atoms with van der Waals surface area (Å²) < 4.78 is 5.40. The van der Waals surface area contributed by atoms with Gasteiger partial charge >= 0.3 is 0 Å². The molecule has 0 aliphatic heterocycles. The normalized spacial score (nSPS) is 12.5. The summed E-state index contributed by atoms with van der Waals surface area (Å²) in [6, 6.07) is 3.76. The van der Waals surface area contributed by atoms with Crippen LogP contribution in [-0.4, -0.2) is 11.7 Å². The monoisotopic (exact) mass is 256 g/mol. The van der Waals surface area contributed by atoms with Crippen LogP contribution in [-0.2, 0) is 0 Å². The SMILES string of the molecule is CCCC(CC)c1cc(Cl)c(O)c(OCC)c1. The van der Waals surface area contributed by atoms with Gasteiger partial charge in [-0.1, -0.05) is 31.9 Å². The van der Waals surface area contributed by atoms with Gasteiger partial charge in [0.25, 0.3) is 0 Å². The summed E-state index contributed by atoms with van der Waals surface area (Å²) >= 11 is 6.03. The van der Waals surface area contributed by atoms with Gasteiger partial charge in [0, 0.05) is 0 Å².